The number of esters is 1. The number of aromatic amines is 1. The van der Waals surface area contributed by atoms with Crippen LogP contribution in [0.4, 0.5) is 0 Å². The first kappa shape index (κ1) is 21.6. The fourth-order valence-electron chi connectivity index (χ4n) is 4.35. The highest BCUT2D eigenvalue weighted by atomic mass is 32.2. The molecule has 1 N–H and O–H groups in total. The van der Waals surface area contributed by atoms with E-state index in [9.17, 15) is 13.2 Å². The van der Waals surface area contributed by atoms with Gasteiger partial charge in [-0.05, 0) is 44.0 Å². The van der Waals surface area contributed by atoms with E-state index < -0.39 is 16.0 Å². The number of ether oxygens (including phenoxy) is 1. The number of carbonyl (C=O) groups excluding carboxylic acids is 1. The van der Waals surface area contributed by atoms with Crippen molar-refractivity contribution in [2.24, 2.45) is 0 Å². The van der Waals surface area contributed by atoms with Gasteiger partial charge < -0.3 is 9.30 Å². The summed E-state index contributed by atoms with van der Waals surface area (Å²) in [7, 11) is -3.55. The number of aromatic nitrogens is 4. The lowest BCUT2D eigenvalue weighted by molar-refractivity contribution is 0.0454. The molecule has 1 fully saturated rings. The topological polar surface area (TPSA) is 110 Å². The van der Waals surface area contributed by atoms with E-state index in [4.69, 9.17) is 4.74 Å². The van der Waals surface area contributed by atoms with Gasteiger partial charge in [-0.25, -0.2) is 18.2 Å². The maximum atomic E-state index is 13.1. The number of hydrogen-bond acceptors (Lipinski definition) is 6. The molecule has 0 spiro atoms. The Morgan fingerprint density at radius 3 is 2.70 bits per heavy atom. The normalized spacial score (nSPS) is 15.3. The number of imidazole rings is 1. The zero-order valence-corrected chi connectivity index (χ0v) is 19.1. The molecule has 3 heterocycles. The minimum Gasteiger partial charge on any atom is -0.453 e. The van der Waals surface area contributed by atoms with Gasteiger partial charge in [0.15, 0.2) is 5.69 Å². The van der Waals surface area contributed by atoms with Gasteiger partial charge in [0.2, 0.25) is 10.0 Å². The molecule has 2 aromatic carbocycles. The molecule has 0 bridgehead atoms. The van der Waals surface area contributed by atoms with Gasteiger partial charge in [-0.15, -0.1) is 0 Å². The van der Waals surface area contributed by atoms with Crippen molar-refractivity contribution in [1.82, 2.24) is 24.1 Å². The Kier molecular flexibility index (Phi) is 5.63. The first-order chi connectivity index (χ1) is 16.0. The highest BCUT2D eigenvalue weighted by Gasteiger charge is 2.27. The van der Waals surface area contributed by atoms with Crippen LogP contribution in [0.25, 0.3) is 21.9 Å². The first-order valence-corrected chi connectivity index (χ1v) is 12.5. The van der Waals surface area contributed by atoms with E-state index in [0.29, 0.717) is 36.4 Å². The molecule has 0 unspecified atom stereocenters. The molecule has 0 atom stereocenters. The number of sulfonamides is 1. The van der Waals surface area contributed by atoms with Crippen LogP contribution in [-0.4, -0.2) is 51.5 Å². The van der Waals surface area contributed by atoms with Crippen molar-refractivity contribution < 1.29 is 17.9 Å². The maximum absolute atomic E-state index is 13.1. The van der Waals surface area contributed by atoms with Crippen LogP contribution in [0, 0.1) is 0 Å². The lowest BCUT2D eigenvalue weighted by Gasteiger charge is -2.25. The second-order valence-electron chi connectivity index (χ2n) is 8.08. The molecule has 0 aliphatic carbocycles. The van der Waals surface area contributed by atoms with Gasteiger partial charge in [-0.1, -0.05) is 24.6 Å². The summed E-state index contributed by atoms with van der Waals surface area (Å²) in [5, 5.41) is 7.60. The highest BCUT2D eigenvalue weighted by Crippen LogP contribution is 2.25. The smallest absolute Gasteiger partial charge is 0.359 e. The molecule has 0 saturated carbocycles. The molecule has 9 nitrogen and oxygen atoms in total. The minimum absolute atomic E-state index is 0.0449. The number of nitrogens with one attached hydrogen (secondary N) is 1. The lowest BCUT2D eigenvalue weighted by Crippen LogP contribution is -2.35. The number of H-pyrrole nitrogens is 1. The number of hydrogen-bond donors (Lipinski definition) is 1. The van der Waals surface area contributed by atoms with Crippen LogP contribution < -0.4 is 0 Å². The van der Waals surface area contributed by atoms with Crippen LogP contribution in [-0.2, 0) is 27.9 Å². The Morgan fingerprint density at radius 1 is 1.12 bits per heavy atom. The Labute approximate surface area is 191 Å². The number of nitrogens with zero attached hydrogens (tertiary/aromatic N) is 4. The summed E-state index contributed by atoms with van der Waals surface area (Å²) in [5.41, 5.74) is 2.34. The van der Waals surface area contributed by atoms with Crippen molar-refractivity contribution >= 4 is 37.9 Å². The molecule has 1 aliphatic rings. The number of benzene rings is 2. The summed E-state index contributed by atoms with van der Waals surface area (Å²) in [6.45, 7) is 3.62. The largest absolute Gasteiger partial charge is 0.453 e. The van der Waals surface area contributed by atoms with Gasteiger partial charge in [0.1, 0.15) is 12.4 Å². The average Bonchev–Trinajstić information content (AvgIpc) is 3.43. The number of piperidine rings is 1. The van der Waals surface area contributed by atoms with Crippen molar-refractivity contribution in [2.45, 2.75) is 44.2 Å². The van der Waals surface area contributed by atoms with Gasteiger partial charge in [0.05, 0.1) is 21.4 Å². The average molecular weight is 468 g/mol. The predicted octanol–water partition coefficient (Wildman–Crippen LogP) is 3.46. The standard InChI is InChI=1S/C23H25N5O4S/c1-2-28-20-11-10-16(33(30,31)27-12-6-3-7-13-27)14-19(20)24-21(28)15-32-23(29)22-17-8-4-5-9-18(17)25-26-22/h4-5,8-11,14H,2-3,6-7,12-13,15H2,1H3,(H,25,26). The number of para-hydroxylation sites is 1. The third-order valence-corrected chi connectivity index (χ3v) is 7.96. The molecule has 1 saturated heterocycles. The summed E-state index contributed by atoms with van der Waals surface area (Å²) < 4.78 is 35.1. The van der Waals surface area contributed by atoms with Gasteiger partial charge in [-0.3, -0.25) is 5.10 Å². The number of fused-ring (bicyclic) bond motifs is 2. The molecule has 172 valence electrons. The third kappa shape index (κ3) is 3.89. The van der Waals surface area contributed by atoms with Crippen molar-refractivity contribution in [3.63, 3.8) is 0 Å². The van der Waals surface area contributed by atoms with E-state index in [-0.39, 0.29) is 17.2 Å². The molecule has 2 aromatic heterocycles. The van der Waals surface area contributed by atoms with Crippen molar-refractivity contribution in [3.8, 4) is 0 Å². The summed E-state index contributed by atoms with van der Waals surface area (Å²) in [4.78, 5) is 17.5. The van der Waals surface area contributed by atoms with Crippen molar-refractivity contribution in [3.05, 3.63) is 54.0 Å². The molecular weight excluding hydrogens is 442 g/mol. The molecule has 0 amide bonds. The molecule has 5 rings (SSSR count). The van der Waals surface area contributed by atoms with E-state index in [1.807, 2.05) is 29.7 Å². The zero-order chi connectivity index (χ0) is 23.0. The van der Waals surface area contributed by atoms with E-state index in [1.165, 1.54) is 0 Å². The van der Waals surface area contributed by atoms with Crippen molar-refractivity contribution in [1.29, 1.82) is 0 Å². The molecule has 33 heavy (non-hydrogen) atoms. The van der Waals surface area contributed by atoms with Crippen LogP contribution in [0.15, 0.2) is 47.4 Å². The Hall–Kier alpha value is -3.24. The van der Waals surface area contributed by atoms with Gasteiger partial charge in [0.25, 0.3) is 0 Å². The van der Waals surface area contributed by atoms with Crippen LogP contribution >= 0.6 is 0 Å². The van der Waals surface area contributed by atoms with E-state index in [1.54, 1.807) is 28.6 Å². The zero-order valence-electron chi connectivity index (χ0n) is 18.3. The number of rotatable bonds is 6. The van der Waals surface area contributed by atoms with Crippen molar-refractivity contribution in [2.75, 3.05) is 13.1 Å². The van der Waals surface area contributed by atoms with Crippen LogP contribution in [0.3, 0.4) is 0 Å². The second-order valence-corrected chi connectivity index (χ2v) is 10.0. The quantitative estimate of drug-likeness (QED) is 0.435. The van der Waals surface area contributed by atoms with E-state index in [0.717, 1.165) is 30.3 Å². The Bertz CT molecular complexity index is 1430. The molecule has 1 aliphatic heterocycles. The third-order valence-electron chi connectivity index (χ3n) is 6.06. The fraction of sp³-hybridized carbons (Fsp3) is 0.348. The minimum atomic E-state index is -3.55. The summed E-state index contributed by atoms with van der Waals surface area (Å²) >= 11 is 0. The van der Waals surface area contributed by atoms with E-state index >= 15 is 0 Å². The van der Waals surface area contributed by atoms with Gasteiger partial charge in [0, 0.05) is 25.0 Å². The Morgan fingerprint density at radius 2 is 1.91 bits per heavy atom. The molecule has 0 radical (unpaired) electrons. The summed E-state index contributed by atoms with van der Waals surface area (Å²) in [5.74, 6) is 0.00346. The van der Waals surface area contributed by atoms with Gasteiger partial charge >= 0.3 is 5.97 Å². The Balaban J connectivity index is 1.41. The number of aryl methyl sites for hydroxylation is 1. The first-order valence-electron chi connectivity index (χ1n) is 11.1. The molecule has 10 heteroatoms. The fourth-order valence-corrected chi connectivity index (χ4v) is 5.89. The summed E-state index contributed by atoms with van der Waals surface area (Å²) in [6, 6.07) is 12.4. The lowest BCUT2D eigenvalue weighted by atomic mass is 10.2. The second kappa shape index (κ2) is 8.60. The SMILES string of the molecule is CCn1c(COC(=O)c2n[nH]c3ccccc23)nc2cc(S(=O)(=O)N3CCCCC3)ccc21. The monoisotopic (exact) mass is 467 g/mol. The summed E-state index contributed by atoms with van der Waals surface area (Å²) in [6.07, 6.45) is 2.82. The van der Waals surface area contributed by atoms with Crippen LogP contribution in [0.1, 0.15) is 42.5 Å². The van der Waals surface area contributed by atoms with Crippen LogP contribution in [0.5, 0.6) is 0 Å². The molecular formula is C23H25N5O4S. The molecule has 4 aromatic rings. The van der Waals surface area contributed by atoms with Crippen LogP contribution in [0.2, 0.25) is 0 Å². The van der Waals surface area contributed by atoms with E-state index in [2.05, 4.69) is 15.2 Å². The number of carbonyl (C=O) groups is 1. The van der Waals surface area contributed by atoms with Gasteiger partial charge in [-0.2, -0.15) is 9.40 Å². The maximum Gasteiger partial charge on any atom is 0.359 e. The highest BCUT2D eigenvalue weighted by molar-refractivity contribution is 7.89. The predicted molar refractivity (Wildman–Crippen MR) is 123 cm³/mol.